The normalized spacial score (nSPS) is 13.4. The van der Waals surface area contributed by atoms with Gasteiger partial charge in [0.05, 0.1) is 6.61 Å². The molecule has 0 N–H and O–H groups in total. The third kappa shape index (κ3) is 5.74. The predicted octanol–water partition coefficient (Wildman–Crippen LogP) is 2.47. The summed E-state index contributed by atoms with van der Waals surface area (Å²) in [6.45, 7) is 7.67. The highest BCUT2D eigenvalue weighted by Crippen LogP contribution is 2.12. The van der Waals surface area contributed by atoms with Crippen molar-refractivity contribution in [1.29, 1.82) is 0 Å². The van der Waals surface area contributed by atoms with Crippen molar-refractivity contribution < 1.29 is 14.3 Å². The van der Waals surface area contributed by atoms with Gasteiger partial charge in [0, 0.05) is 19.2 Å². The highest BCUT2D eigenvalue weighted by atomic mass is 79.9. The first-order valence-corrected chi connectivity index (χ1v) is 7.01. The van der Waals surface area contributed by atoms with Crippen molar-refractivity contribution in [3.63, 3.8) is 0 Å². The van der Waals surface area contributed by atoms with Gasteiger partial charge in [0.25, 0.3) is 0 Å². The fraction of sp³-hybridized carbons (Fsp3) is 0.692. The van der Waals surface area contributed by atoms with Gasteiger partial charge in [-0.1, -0.05) is 0 Å². The van der Waals surface area contributed by atoms with Gasteiger partial charge < -0.3 is 9.47 Å². The summed E-state index contributed by atoms with van der Waals surface area (Å²) in [5.74, 6) is -0.335. The SMILES string of the molecule is CC(OCCc1cc(Br)nn1C)C(=O)OC(C)(C)C. The van der Waals surface area contributed by atoms with Gasteiger partial charge in [-0.2, -0.15) is 5.10 Å². The Morgan fingerprint density at radius 1 is 1.53 bits per heavy atom. The molecular formula is C13H21BrN2O3. The van der Waals surface area contributed by atoms with E-state index in [-0.39, 0.29) is 5.97 Å². The predicted molar refractivity (Wildman–Crippen MR) is 75.9 cm³/mol. The zero-order valence-electron chi connectivity index (χ0n) is 12.1. The molecule has 0 saturated carbocycles. The van der Waals surface area contributed by atoms with E-state index in [1.807, 2.05) is 33.9 Å². The summed E-state index contributed by atoms with van der Waals surface area (Å²) in [7, 11) is 1.87. The van der Waals surface area contributed by atoms with Gasteiger partial charge in [0.15, 0.2) is 6.10 Å². The lowest BCUT2D eigenvalue weighted by Gasteiger charge is -2.22. The zero-order valence-corrected chi connectivity index (χ0v) is 13.7. The molecule has 1 atom stereocenters. The molecular weight excluding hydrogens is 312 g/mol. The number of aryl methyl sites for hydroxylation is 1. The largest absolute Gasteiger partial charge is 0.458 e. The number of ether oxygens (including phenoxy) is 2. The molecule has 0 aliphatic heterocycles. The van der Waals surface area contributed by atoms with E-state index in [1.165, 1.54) is 0 Å². The fourth-order valence-electron chi connectivity index (χ4n) is 1.49. The second-order valence-electron chi connectivity index (χ2n) is 5.38. The van der Waals surface area contributed by atoms with Crippen LogP contribution in [0.25, 0.3) is 0 Å². The first-order valence-electron chi connectivity index (χ1n) is 6.22. The van der Waals surface area contributed by atoms with E-state index in [2.05, 4.69) is 21.0 Å². The molecule has 6 heteroatoms. The summed E-state index contributed by atoms with van der Waals surface area (Å²) in [4.78, 5) is 11.7. The summed E-state index contributed by atoms with van der Waals surface area (Å²) in [6.07, 6.45) is 0.137. The lowest BCUT2D eigenvalue weighted by Crippen LogP contribution is -2.32. The lowest BCUT2D eigenvalue weighted by atomic mass is 10.2. The first kappa shape index (κ1) is 16.2. The van der Waals surface area contributed by atoms with E-state index in [1.54, 1.807) is 11.6 Å². The van der Waals surface area contributed by atoms with Gasteiger partial charge in [0.2, 0.25) is 0 Å². The maximum absolute atomic E-state index is 11.7. The maximum atomic E-state index is 11.7. The molecule has 0 aromatic carbocycles. The topological polar surface area (TPSA) is 53.4 Å². The molecule has 1 rings (SSSR count). The molecule has 1 unspecified atom stereocenters. The number of rotatable bonds is 5. The van der Waals surface area contributed by atoms with Gasteiger partial charge in [0.1, 0.15) is 10.2 Å². The fourth-order valence-corrected chi connectivity index (χ4v) is 2.00. The van der Waals surface area contributed by atoms with E-state index in [0.717, 1.165) is 10.3 Å². The Morgan fingerprint density at radius 3 is 2.63 bits per heavy atom. The molecule has 1 heterocycles. The third-order valence-electron chi connectivity index (χ3n) is 2.41. The molecule has 0 saturated heterocycles. The number of aromatic nitrogens is 2. The number of halogens is 1. The van der Waals surface area contributed by atoms with Gasteiger partial charge in [-0.3, -0.25) is 4.68 Å². The Kier molecular flexibility index (Phi) is 5.55. The second kappa shape index (κ2) is 6.52. The van der Waals surface area contributed by atoms with Crippen molar-refractivity contribution in [3.05, 3.63) is 16.4 Å². The first-order chi connectivity index (χ1) is 8.69. The molecule has 19 heavy (non-hydrogen) atoms. The second-order valence-corrected chi connectivity index (χ2v) is 6.19. The molecule has 0 radical (unpaired) electrons. The zero-order chi connectivity index (χ0) is 14.6. The number of carbonyl (C=O) groups excluding carboxylic acids is 1. The van der Waals surface area contributed by atoms with Crippen LogP contribution in [-0.4, -0.2) is 34.1 Å². The quantitative estimate of drug-likeness (QED) is 0.777. The van der Waals surface area contributed by atoms with Crippen LogP contribution in [0.2, 0.25) is 0 Å². The average molecular weight is 333 g/mol. The van der Waals surface area contributed by atoms with E-state index in [9.17, 15) is 4.79 Å². The molecule has 0 bridgehead atoms. The van der Waals surface area contributed by atoms with Gasteiger partial charge >= 0.3 is 5.97 Å². The van der Waals surface area contributed by atoms with Crippen LogP contribution in [0.15, 0.2) is 10.7 Å². The lowest BCUT2D eigenvalue weighted by molar-refractivity contribution is -0.167. The van der Waals surface area contributed by atoms with E-state index < -0.39 is 11.7 Å². The molecule has 0 fully saturated rings. The Labute approximate surface area is 122 Å². The molecule has 108 valence electrons. The number of hydrogen-bond acceptors (Lipinski definition) is 4. The van der Waals surface area contributed by atoms with Gasteiger partial charge in [-0.05, 0) is 49.7 Å². The van der Waals surface area contributed by atoms with E-state index >= 15 is 0 Å². The third-order valence-corrected chi connectivity index (χ3v) is 2.80. The standard InChI is InChI=1S/C13H21BrN2O3/c1-9(12(17)19-13(2,3)4)18-7-6-10-8-11(14)15-16(10)5/h8-9H,6-7H2,1-5H3. The van der Waals surface area contributed by atoms with Crippen LogP contribution in [0, 0.1) is 0 Å². The van der Waals surface area contributed by atoms with Crippen molar-refractivity contribution in [3.8, 4) is 0 Å². The number of esters is 1. The highest BCUT2D eigenvalue weighted by Gasteiger charge is 2.22. The highest BCUT2D eigenvalue weighted by molar-refractivity contribution is 9.10. The van der Waals surface area contributed by atoms with Crippen molar-refractivity contribution in [1.82, 2.24) is 9.78 Å². The Bertz CT molecular complexity index is 438. The molecule has 0 amide bonds. The van der Waals surface area contributed by atoms with Gasteiger partial charge in [-0.25, -0.2) is 4.79 Å². The summed E-state index contributed by atoms with van der Waals surface area (Å²) < 4.78 is 13.3. The summed E-state index contributed by atoms with van der Waals surface area (Å²) in [5, 5.41) is 4.18. The van der Waals surface area contributed by atoms with Crippen molar-refractivity contribution in [2.24, 2.45) is 7.05 Å². The molecule has 0 spiro atoms. The molecule has 1 aromatic heterocycles. The smallest absolute Gasteiger partial charge is 0.335 e. The number of carbonyl (C=O) groups is 1. The van der Waals surface area contributed by atoms with Crippen LogP contribution in [0.4, 0.5) is 0 Å². The molecule has 0 aliphatic carbocycles. The maximum Gasteiger partial charge on any atom is 0.335 e. The Morgan fingerprint density at radius 2 is 2.16 bits per heavy atom. The summed E-state index contributed by atoms with van der Waals surface area (Å²) >= 11 is 3.31. The monoisotopic (exact) mass is 332 g/mol. The van der Waals surface area contributed by atoms with Gasteiger partial charge in [-0.15, -0.1) is 0 Å². The van der Waals surface area contributed by atoms with Crippen LogP contribution in [0.3, 0.4) is 0 Å². The van der Waals surface area contributed by atoms with Crippen LogP contribution < -0.4 is 0 Å². The molecule has 1 aromatic rings. The number of nitrogens with zero attached hydrogens (tertiary/aromatic N) is 2. The minimum absolute atomic E-state index is 0.335. The average Bonchev–Trinajstić information content (AvgIpc) is 2.55. The summed E-state index contributed by atoms with van der Waals surface area (Å²) in [5.41, 5.74) is 0.560. The van der Waals surface area contributed by atoms with Crippen LogP contribution >= 0.6 is 15.9 Å². The van der Waals surface area contributed by atoms with Crippen molar-refractivity contribution >= 4 is 21.9 Å². The molecule has 0 aliphatic rings. The van der Waals surface area contributed by atoms with E-state index in [0.29, 0.717) is 13.0 Å². The van der Waals surface area contributed by atoms with Crippen LogP contribution in [-0.2, 0) is 27.7 Å². The molecule has 5 nitrogen and oxygen atoms in total. The van der Waals surface area contributed by atoms with Crippen LogP contribution in [0.1, 0.15) is 33.4 Å². The minimum atomic E-state index is -0.559. The van der Waals surface area contributed by atoms with Crippen molar-refractivity contribution in [2.45, 2.75) is 45.8 Å². The van der Waals surface area contributed by atoms with Crippen LogP contribution in [0.5, 0.6) is 0 Å². The number of hydrogen-bond donors (Lipinski definition) is 0. The summed E-state index contributed by atoms with van der Waals surface area (Å²) in [6, 6.07) is 1.93. The Balaban J connectivity index is 2.37. The van der Waals surface area contributed by atoms with Crippen molar-refractivity contribution in [2.75, 3.05) is 6.61 Å². The Hall–Kier alpha value is -0.880. The minimum Gasteiger partial charge on any atom is -0.458 e. The van der Waals surface area contributed by atoms with E-state index in [4.69, 9.17) is 9.47 Å².